The van der Waals surface area contributed by atoms with Crippen LogP contribution in [0.5, 0.6) is 11.5 Å². The Morgan fingerprint density at radius 1 is 1.26 bits per heavy atom. The molecule has 2 heterocycles. The van der Waals surface area contributed by atoms with Gasteiger partial charge in [-0.15, -0.1) is 0 Å². The van der Waals surface area contributed by atoms with Crippen molar-refractivity contribution in [1.29, 1.82) is 0 Å². The van der Waals surface area contributed by atoms with Gasteiger partial charge in [0.1, 0.15) is 6.61 Å². The van der Waals surface area contributed by atoms with Crippen LogP contribution in [-0.4, -0.2) is 67.6 Å². The summed E-state index contributed by atoms with van der Waals surface area (Å²) in [6, 6.07) is 5.36. The van der Waals surface area contributed by atoms with Gasteiger partial charge in [-0.1, -0.05) is 18.7 Å². The number of ether oxygens (including phenoxy) is 3. The predicted molar refractivity (Wildman–Crippen MR) is 104 cm³/mol. The van der Waals surface area contributed by atoms with Crippen LogP contribution in [0.25, 0.3) is 6.08 Å². The van der Waals surface area contributed by atoms with E-state index in [1.807, 2.05) is 11.0 Å². The first-order valence-corrected chi connectivity index (χ1v) is 9.41. The van der Waals surface area contributed by atoms with Crippen LogP contribution in [0.15, 0.2) is 35.8 Å². The van der Waals surface area contributed by atoms with E-state index in [2.05, 4.69) is 6.58 Å². The number of hydrogen-bond donors (Lipinski definition) is 0. The SMILES string of the molecule is C=CCOc1ccc(/C=C2/SC(=O)N(CN3CCOCC3)C2=O)cc1OC. The maximum atomic E-state index is 12.6. The van der Waals surface area contributed by atoms with Gasteiger partial charge in [-0.25, -0.2) is 0 Å². The molecule has 0 spiro atoms. The fourth-order valence-electron chi connectivity index (χ4n) is 2.76. The molecule has 2 aliphatic heterocycles. The van der Waals surface area contributed by atoms with Gasteiger partial charge in [0.15, 0.2) is 11.5 Å². The molecule has 0 radical (unpaired) electrons. The summed E-state index contributed by atoms with van der Waals surface area (Å²) in [7, 11) is 1.55. The molecule has 0 N–H and O–H groups in total. The van der Waals surface area contributed by atoms with Gasteiger partial charge in [0, 0.05) is 13.1 Å². The quantitative estimate of drug-likeness (QED) is 0.524. The van der Waals surface area contributed by atoms with Crippen molar-refractivity contribution in [3.63, 3.8) is 0 Å². The lowest BCUT2D eigenvalue weighted by molar-refractivity contribution is -0.125. The Balaban J connectivity index is 1.73. The summed E-state index contributed by atoms with van der Waals surface area (Å²) >= 11 is 0.952. The van der Waals surface area contributed by atoms with E-state index < -0.39 is 0 Å². The van der Waals surface area contributed by atoms with Crippen molar-refractivity contribution in [2.24, 2.45) is 0 Å². The number of methoxy groups -OCH3 is 1. The molecule has 2 fully saturated rings. The second-order valence-corrected chi connectivity index (χ2v) is 6.98. The van der Waals surface area contributed by atoms with E-state index in [1.165, 1.54) is 4.90 Å². The third-order valence-corrected chi connectivity index (χ3v) is 5.07. The number of amides is 2. The molecule has 2 amide bonds. The summed E-state index contributed by atoms with van der Waals surface area (Å²) in [5, 5.41) is -0.254. The molecular formula is C19H22N2O5S. The van der Waals surface area contributed by atoms with Gasteiger partial charge in [0.2, 0.25) is 0 Å². The minimum absolute atomic E-state index is 0.254. The number of morpholine rings is 1. The number of carbonyl (C=O) groups is 2. The number of benzene rings is 1. The van der Waals surface area contributed by atoms with Crippen molar-refractivity contribution in [2.45, 2.75) is 0 Å². The van der Waals surface area contributed by atoms with Crippen LogP contribution in [0.1, 0.15) is 5.56 Å². The Kier molecular flexibility index (Phi) is 6.54. The van der Waals surface area contributed by atoms with Crippen LogP contribution in [0.2, 0.25) is 0 Å². The second-order valence-electron chi connectivity index (χ2n) is 5.99. The molecule has 0 unspecified atom stereocenters. The zero-order valence-corrected chi connectivity index (χ0v) is 16.0. The average molecular weight is 390 g/mol. The fraction of sp³-hybridized carbons (Fsp3) is 0.368. The number of hydrogen-bond acceptors (Lipinski definition) is 7. The van der Waals surface area contributed by atoms with Crippen LogP contribution in [0.4, 0.5) is 4.79 Å². The van der Waals surface area contributed by atoms with Gasteiger partial charge in [-0.3, -0.25) is 19.4 Å². The summed E-state index contributed by atoms with van der Waals surface area (Å²) in [6.45, 7) is 6.94. The van der Waals surface area contributed by atoms with Gasteiger partial charge >= 0.3 is 0 Å². The minimum atomic E-state index is -0.276. The zero-order valence-electron chi connectivity index (χ0n) is 15.2. The molecule has 144 valence electrons. The number of imide groups is 1. The van der Waals surface area contributed by atoms with Gasteiger partial charge in [0.05, 0.1) is 31.9 Å². The Morgan fingerprint density at radius 2 is 2.04 bits per heavy atom. The number of carbonyl (C=O) groups excluding carboxylic acids is 2. The van der Waals surface area contributed by atoms with E-state index in [1.54, 1.807) is 31.4 Å². The largest absolute Gasteiger partial charge is 0.493 e. The monoisotopic (exact) mass is 390 g/mol. The lowest BCUT2D eigenvalue weighted by Gasteiger charge is -2.29. The summed E-state index contributed by atoms with van der Waals surface area (Å²) < 4.78 is 16.2. The Hall–Kier alpha value is -2.29. The van der Waals surface area contributed by atoms with Crippen LogP contribution in [0.3, 0.4) is 0 Å². The molecule has 27 heavy (non-hydrogen) atoms. The fourth-order valence-corrected chi connectivity index (χ4v) is 3.59. The molecule has 0 aliphatic carbocycles. The predicted octanol–water partition coefficient (Wildman–Crippen LogP) is 2.59. The van der Waals surface area contributed by atoms with E-state index in [9.17, 15) is 9.59 Å². The third-order valence-electron chi connectivity index (χ3n) is 4.16. The third kappa shape index (κ3) is 4.71. The Bertz CT molecular complexity index is 758. The molecule has 3 rings (SSSR count). The highest BCUT2D eigenvalue weighted by atomic mass is 32.2. The highest BCUT2D eigenvalue weighted by molar-refractivity contribution is 8.18. The van der Waals surface area contributed by atoms with Crippen molar-refractivity contribution < 1.29 is 23.8 Å². The van der Waals surface area contributed by atoms with Gasteiger partial charge in [-0.05, 0) is 35.5 Å². The summed E-state index contributed by atoms with van der Waals surface area (Å²) in [4.78, 5) is 28.6. The lowest BCUT2D eigenvalue weighted by Crippen LogP contribution is -2.45. The summed E-state index contributed by atoms with van der Waals surface area (Å²) in [5.41, 5.74) is 0.759. The summed E-state index contributed by atoms with van der Waals surface area (Å²) in [5.74, 6) is 0.871. The van der Waals surface area contributed by atoms with Crippen LogP contribution < -0.4 is 9.47 Å². The van der Waals surface area contributed by atoms with Crippen molar-refractivity contribution in [2.75, 3.05) is 46.7 Å². The van der Waals surface area contributed by atoms with E-state index >= 15 is 0 Å². The Morgan fingerprint density at radius 3 is 2.74 bits per heavy atom. The maximum Gasteiger partial charge on any atom is 0.294 e. The normalized spacial score (nSPS) is 19.6. The molecule has 0 aromatic heterocycles. The van der Waals surface area contributed by atoms with Gasteiger partial charge < -0.3 is 14.2 Å². The molecule has 2 aliphatic rings. The van der Waals surface area contributed by atoms with E-state index in [-0.39, 0.29) is 11.1 Å². The van der Waals surface area contributed by atoms with E-state index in [0.29, 0.717) is 56.0 Å². The van der Waals surface area contributed by atoms with Crippen molar-refractivity contribution in [1.82, 2.24) is 9.80 Å². The first-order chi connectivity index (χ1) is 13.1. The highest BCUT2D eigenvalue weighted by Gasteiger charge is 2.36. The lowest BCUT2D eigenvalue weighted by atomic mass is 10.2. The van der Waals surface area contributed by atoms with E-state index in [0.717, 1.165) is 17.3 Å². The molecule has 1 aromatic carbocycles. The molecule has 0 saturated carbocycles. The van der Waals surface area contributed by atoms with Crippen LogP contribution in [0, 0.1) is 0 Å². The molecular weight excluding hydrogens is 368 g/mol. The highest BCUT2D eigenvalue weighted by Crippen LogP contribution is 2.34. The van der Waals surface area contributed by atoms with Crippen molar-refractivity contribution in [3.8, 4) is 11.5 Å². The van der Waals surface area contributed by atoms with Crippen molar-refractivity contribution >= 4 is 29.0 Å². The standard InChI is InChI=1S/C19H22N2O5S/c1-3-8-26-15-5-4-14(11-16(15)24-2)12-17-18(22)21(19(23)27-17)13-20-6-9-25-10-7-20/h3-5,11-12H,1,6-10,13H2,2H3/b17-12+. The minimum Gasteiger partial charge on any atom is -0.493 e. The zero-order chi connectivity index (χ0) is 19.2. The van der Waals surface area contributed by atoms with Crippen LogP contribution >= 0.6 is 11.8 Å². The number of rotatable bonds is 7. The molecule has 0 atom stereocenters. The molecule has 7 nitrogen and oxygen atoms in total. The van der Waals surface area contributed by atoms with Gasteiger partial charge in [0.25, 0.3) is 11.1 Å². The smallest absolute Gasteiger partial charge is 0.294 e. The topological polar surface area (TPSA) is 68.3 Å². The molecule has 2 saturated heterocycles. The van der Waals surface area contributed by atoms with Gasteiger partial charge in [-0.2, -0.15) is 0 Å². The molecule has 8 heteroatoms. The summed E-state index contributed by atoms with van der Waals surface area (Å²) in [6.07, 6.45) is 3.35. The number of thioether (sulfide) groups is 1. The molecule has 0 bridgehead atoms. The second kappa shape index (κ2) is 9.07. The first kappa shape index (κ1) is 19.5. The average Bonchev–Trinajstić information content (AvgIpc) is 2.95. The number of nitrogens with zero attached hydrogens (tertiary/aromatic N) is 2. The van der Waals surface area contributed by atoms with Crippen LogP contribution in [-0.2, 0) is 9.53 Å². The first-order valence-electron chi connectivity index (χ1n) is 8.59. The Labute approximate surface area is 162 Å². The van der Waals surface area contributed by atoms with Crippen molar-refractivity contribution in [3.05, 3.63) is 41.3 Å². The van der Waals surface area contributed by atoms with E-state index in [4.69, 9.17) is 14.2 Å². The molecule has 1 aromatic rings. The maximum absolute atomic E-state index is 12.6.